The number of methoxy groups -OCH3 is 1. The Kier molecular flexibility index (Phi) is 6.40. The molecule has 1 atom stereocenters. The van der Waals surface area contributed by atoms with Crippen LogP contribution in [0.3, 0.4) is 0 Å². The third-order valence-electron chi connectivity index (χ3n) is 4.90. The third kappa shape index (κ3) is 4.45. The molecule has 2 aromatic rings. The van der Waals surface area contributed by atoms with Crippen molar-refractivity contribution < 1.29 is 22.7 Å². The summed E-state index contributed by atoms with van der Waals surface area (Å²) in [7, 11) is -2.34. The summed E-state index contributed by atoms with van der Waals surface area (Å²) >= 11 is 0. The van der Waals surface area contributed by atoms with E-state index in [1.165, 1.54) is 24.3 Å². The Labute approximate surface area is 175 Å². The predicted molar refractivity (Wildman–Crippen MR) is 112 cm³/mol. The van der Waals surface area contributed by atoms with Crippen LogP contribution in [0.15, 0.2) is 47.4 Å². The maximum Gasteiger partial charge on any atom is 0.255 e. The zero-order chi connectivity index (χ0) is 21.9. The third-order valence-corrected chi connectivity index (χ3v) is 6.82. The Hall–Kier alpha value is -2.95. The highest BCUT2D eigenvalue weighted by atomic mass is 32.2. The maximum absolute atomic E-state index is 12.9. The number of rotatable bonds is 6. The number of hydrogen-bond acceptors (Lipinski definition) is 6. The lowest BCUT2D eigenvalue weighted by molar-refractivity contribution is -0.122. The first-order valence-electron chi connectivity index (χ1n) is 9.32. The Morgan fingerprint density at radius 3 is 2.50 bits per heavy atom. The van der Waals surface area contributed by atoms with Crippen molar-refractivity contribution in [2.24, 2.45) is 5.73 Å². The van der Waals surface area contributed by atoms with Crippen molar-refractivity contribution in [3.05, 3.63) is 53.6 Å². The van der Waals surface area contributed by atoms with Gasteiger partial charge in [0, 0.05) is 30.9 Å². The van der Waals surface area contributed by atoms with E-state index < -0.39 is 22.0 Å². The Morgan fingerprint density at radius 2 is 1.90 bits per heavy atom. The number of hydrogen-bond donors (Lipinski definition) is 3. The van der Waals surface area contributed by atoms with Crippen LogP contribution in [0, 0.1) is 6.92 Å². The number of nitrogens with one attached hydrogen (secondary N) is 2. The van der Waals surface area contributed by atoms with Crippen molar-refractivity contribution >= 4 is 27.5 Å². The number of carbonyl (C=O) groups excluding carboxylic acids is 2. The van der Waals surface area contributed by atoms with Crippen LogP contribution in [-0.2, 0) is 14.8 Å². The molecule has 2 aromatic carbocycles. The molecule has 0 bridgehead atoms. The number of nitrogens with zero attached hydrogens (tertiary/aromatic N) is 1. The van der Waals surface area contributed by atoms with E-state index in [1.807, 2.05) is 6.92 Å². The smallest absolute Gasteiger partial charge is 0.255 e. The van der Waals surface area contributed by atoms with Crippen LogP contribution in [0.1, 0.15) is 15.9 Å². The monoisotopic (exact) mass is 432 g/mol. The molecule has 10 heteroatoms. The van der Waals surface area contributed by atoms with Crippen molar-refractivity contribution in [3.63, 3.8) is 0 Å². The van der Waals surface area contributed by atoms with E-state index in [9.17, 15) is 18.0 Å². The van der Waals surface area contributed by atoms with Crippen LogP contribution in [0.25, 0.3) is 0 Å². The van der Waals surface area contributed by atoms with Crippen LogP contribution < -0.4 is 21.1 Å². The highest BCUT2D eigenvalue weighted by Gasteiger charge is 2.36. The molecule has 30 heavy (non-hydrogen) atoms. The molecule has 0 radical (unpaired) electrons. The fourth-order valence-corrected chi connectivity index (χ4v) is 4.88. The summed E-state index contributed by atoms with van der Waals surface area (Å²) in [4.78, 5) is 24.1. The number of sulfonamides is 1. The Bertz CT molecular complexity index is 1050. The summed E-state index contributed by atoms with van der Waals surface area (Å²) in [5.74, 6) is -0.347. The molecule has 2 amide bonds. The molecule has 0 aliphatic carbocycles. The van der Waals surface area contributed by atoms with E-state index in [-0.39, 0.29) is 23.9 Å². The summed E-state index contributed by atoms with van der Waals surface area (Å²) in [6.45, 7) is 2.58. The Morgan fingerprint density at radius 1 is 1.20 bits per heavy atom. The molecule has 1 unspecified atom stereocenters. The van der Waals surface area contributed by atoms with Gasteiger partial charge in [-0.3, -0.25) is 9.59 Å². The van der Waals surface area contributed by atoms with Gasteiger partial charge in [-0.15, -0.1) is 0 Å². The van der Waals surface area contributed by atoms with Crippen molar-refractivity contribution in [2.45, 2.75) is 17.9 Å². The van der Waals surface area contributed by atoms with Gasteiger partial charge in [-0.2, -0.15) is 4.31 Å². The largest absolute Gasteiger partial charge is 0.496 e. The Balaban J connectivity index is 1.76. The summed E-state index contributed by atoms with van der Waals surface area (Å²) < 4.78 is 32.2. The molecular weight excluding hydrogens is 408 g/mol. The molecule has 1 aliphatic heterocycles. The highest BCUT2D eigenvalue weighted by molar-refractivity contribution is 7.89. The summed E-state index contributed by atoms with van der Waals surface area (Å²) in [6.07, 6.45) is 0. The number of amides is 2. The van der Waals surface area contributed by atoms with Crippen LogP contribution in [0.5, 0.6) is 5.75 Å². The first-order chi connectivity index (χ1) is 14.2. The van der Waals surface area contributed by atoms with Gasteiger partial charge in [-0.05, 0) is 55.0 Å². The first-order valence-corrected chi connectivity index (χ1v) is 10.8. The molecule has 3 rings (SSSR count). The lowest BCUT2D eigenvalue weighted by Gasteiger charge is -2.33. The number of carbonyl (C=O) groups is 2. The van der Waals surface area contributed by atoms with E-state index in [2.05, 4.69) is 10.6 Å². The average Bonchev–Trinajstić information content (AvgIpc) is 2.74. The van der Waals surface area contributed by atoms with E-state index in [1.54, 1.807) is 25.3 Å². The molecule has 160 valence electrons. The lowest BCUT2D eigenvalue weighted by atomic mass is 10.1. The zero-order valence-electron chi connectivity index (χ0n) is 16.7. The lowest BCUT2D eigenvalue weighted by Crippen LogP contribution is -2.58. The summed E-state index contributed by atoms with van der Waals surface area (Å²) in [5.41, 5.74) is 7.08. The van der Waals surface area contributed by atoms with E-state index in [4.69, 9.17) is 10.5 Å². The molecule has 1 aliphatic rings. The molecular formula is C20H24N4O5S. The van der Waals surface area contributed by atoms with Crippen molar-refractivity contribution in [3.8, 4) is 5.75 Å². The molecule has 9 nitrogen and oxygen atoms in total. The maximum atomic E-state index is 12.9. The molecule has 1 heterocycles. The summed E-state index contributed by atoms with van der Waals surface area (Å²) in [5, 5.41) is 5.70. The number of anilines is 1. The second kappa shape index (κ2) is 8.82. The molecule has 1 saturated heterocycles. The molecule has 0 aromatic heterocycles. The van der Waals surface area contributed by atoms with Crippen molar-refractivity contribution in [1.29, 1.82) is 0 Å². The number of primary amides is 1. The van der Waals surface area contributed by atoms with Gasteiger partial charge in [0.1, 0.15) is 11.8 Å². The number of benzene rings is 2. The minimum Gasteiger partial charge on any atom is -0.496 e. The number of piperazine rings is 1. The van der Waals surface area contributed by atoms with Crippen LogP contribution in [-0.4, -0.2) is 57.3 Å². The fourth-order valence-electron chi connectivity index (χ4n) is 3.28. The fraction of sp³-hybridized carbons (Fsp3) is 0.300. The predicted octanol–water partition coefficient (Wildman–Crippen LogP) is 0.704. The molecule has 1 fully saturated rings. The highest BCUT2D eigenvalue weighted by Crippen LogP contribution is 2.23. The standard InChI is InChI=1S/C20H24N4O5S/c1-13-11-14(3-8-18(13)29-2)20(26)23-15-4-6-16(7-5-15)30(27,28)24-10-9-22-12-17(24)19(21)25/h3-8,11,17,22H,9-10,12H2,1-2H3,(H2,21,25)(H,23,26). The molecule has 0 spiro atoms. The zero-order valence-corrected chi connectivity index (χ0v) is 17.5. The average molecular weight is 433 g/mol. The molecule has 0 saturated carbocycles. The van der Waals surface area contributed by atoms with Gasteiger partial charge in [0.05, 0.1) is 12.0 Å². The number of ether oxygens (including phenoxy) is 1. The van der Waals surface area contributed by atoms with Crippen LogP contribution >= 0.6 is 0 Å². The normalized spacial score (nSPS) is 17.3. The van der Waals surface area contributed by atoms with Gasteiger partial charge in [0.15, 0.2) is 0 Å². The molecule has 4 N–H and O–H groups in total. The SMILES string of the molecule is COc1ccc(C(=O)Nc2ccc(S(=O)(=O)N3CCNCC3C(N)=O)cc2)cc1C. The van der Waals surface area contributed by atoms with E-state index >= 15 is 0 Å². The van der Waals surface area contributed by atoms with E-state index in [0.29, 0.717) is 23.5 Å². The van der Waals surface area contributed by atoms with Gasteiger partial charge in [-0.25, -0.2) is 8.42 Å². The van der Waals surface area contributed by atoms with Crippen LogP contribution in [0.4, 0.5) is 5.69 Å². The van der Waals surface area contributed by atoms with Gasteiger partial charge in [-0.1, -0.05) is 0 Å². The van der Waals surface area contributed by atoms with Gasteiger partial charge >= 0.3 is 0 Å². The topological polar surface area (TPSA) is 131 Å². The number of nitrogens with two attached hydrogens (primary N) is 1. The minimum atomic E-state index is -3.90. The summed E-state index contributed by atoms with van der Waals surface area (Å²) in [6, 6.07) is 9.92. The first kappa shape index (κ1) is 21.8. The second-order valence-electron chi connectivity index (χ2n) is 6.90. The van der Waals surface area contributed by atoms with Crippen molar-refractivity contribution in [2.75, 3.05) is 32.1 Å². The minimum absolute atomic E-state index is 0.0222. The van der Waals surface area contributed by atoms with Gasteiger partial charge in [0.25, 0.3) is 5.91 Å². The van der Waals surface area contributed by atoms with Gasteiger partial charge < -0.3 is 21.1 Å². The quantitative estimate of drug-likeness (QED) is 0.616. The number of aryl methyl sites for hydroxylation is 1. The second-order valence-corrected chi connectivity index (χ2v) is 8.79. The van der Waals surface area contributed by atoms with Crippen LogP contribution in [0.2, 0.25) is 0 Å². The van der Waals surface area contributed by atoms with E-state index in [0.717, 1.165) is 9.87 Å². The van der Waals surface area contributed by atoms with Gasteiger partial charge in [0.2, 0.25) is 15.9 Å². The van der Waals surface area contributed by atoms with Crippen molar-refractivity contribution in [1.82, 2.24) is 9.62 Å².